The van der Waals surface area contributed by atoms with Gasteiger partial charge in [-0.05, 0) is 25.5 Å². The van der Waals surface area contributed by atoms with Crippen molar-refractivity contribution in [1.29, 1.82) is 0 Å². The lowest BCUT2D eigenvalue weighted by atomic mass is 10.3. The first-order chi connectivity index (χ1) is 9.83. The predicted molar refractivity (Wildman–Crippen MR) is 83.4 cm³/mol. The van der Waals surface area contributed by atoms with Gasteiger partial charge in [-0.25, -0.2) is 4.98 Å². The third-order valence-electron chi connectivity index (χ3n) is 3.67. The van der Waals surface area contributed by atoms with Gasteiger partial charge in [0.15, 0.2) is 0 Å². The van der Waals surface area contributed by atoms with Crippen LogP contribution in [-0.2, 0) is 0 Å². The largest absolute Gasteiger partial charge is 0.395 e. The summed E-state index contributed by atoms with van der Waals surface area (Å²) in [4.78, 5) is 9.10. The molecule has 5 heteroatoms. The smallest absolute Gasteiger partial charge is 0.127 e. The van der Waals surface area contributed by atoms with Crippen LogP contribution in [0.1, 0.15) is 19.8 Å². The second kappa shape index (κ2) is 8.07. The van der Waals surface area contributed by atoms with Crippen molar-refractivity contribution >= 4 is 11.5 Å². The van der Waals surface area contributed by atoms with E-state index in [9.17, 15) is 0 Å². The van der Waals surface area contributed by atoms with E-state index in [-0.39, 0.29) is 6.61 Å². The molecule has 1 saturated heterocycles. The zero-order chi connectivity index (χ0) is 14.2. The van der Waals surface area contributed by atoms with Gasteiger partial charge in [0, 0.05) is 50.7 Å². The normalized spacial score (nSPS) is 17.0. The number of aliphatic hydroxyl groups is 1. The minimum atomic E-state index is 0.250. The maximum absolute atomic E-state index is 9.04. The molecule has 0 aliphatic carbocycles. The molecule has 0 bridgehead atoms. The molecule has 2 rings (SSSR count). The van der Waals surface area contributed by atoms with Crippen molar-refractivity contribution in [1.82, 2.24) is 9.88 Å². The number of pyridine rings is 1. The molecule has 0 unspecified atom stereocenters. The monoisotopic (exact) mass is 278 g/mol. The molecule has 112 valence electrons. The van der Waals surface area contributed by atoms with Crippen LogP contribution in [0.15, 0.2) is 18.3 Å². The number of hydrogen-bond acceptors (Lipinski definition) is 5. The average Bonchev–Trinajstić information content (AvgIpc) is 2.72. The van der Waals surface area contributed by atoms with E-state index in [1.165, 1.54) is 5.69 Å². The van der Waals surface area contributed by atoms with Crippen molar-refractivity contribution in [3.8, 4) is 0 Å². The van der Waals surface area contributed by atoms with Gasteiger partial charge in [-0.1, -0.05) is 6.92 Å². The molecule has 1 aliphatic rings. The molecule has 0 amide bonds. The fraction of sp³-hybridized carbons (Fsp3) is 0.667. The highest BCUT2D eigenvalue weighted by Crippen LogP contribution is 2.19. The first-order valence-corrected chi connectivity index (χ1v) is 7.61. The zero-order valence-electron chi connectivity index (χ0n) is 12.4. The van der Waals surface area contributed by atoms with Gasteiger partial charge in [0.2, 0.25) is 0 Å². The van der Waals surface area contributed by atoms with Crippen LogP contribution in [0.2, 0.25) is 0 Å². The summed E-state index contributed by atoms with van der Waals surface area (Å²) in [6.07, 6.45) is 4.12. The van der Waals surface area contributed by atoms with Crippen molar-refractivity contribution in [2.45, 2.75) is 19.8 Å². The van der Waals surface area contributed by atoms with E-state index in [0.717, 1.165) is 57.9 Å². The van der Waals surface area contributed by atoms with E-state index in [2.05, 4.69) is 39.2 Å². The Morgan fingerprint density at radius 3 is 3.00 bits per heavy atom. The number of aromatic nitrogens is 1. The summed E-state index contributed by atoms with van der Waals surface area (Å²) in [5, 5.41) is 12.4. The Morgan fingerprint density at radius 2 is 2.20 bits per heavy atom. The second-order valence-corrected chi connectivity index (χ2v) is 5.23. The number of rotatable bonds is 6. The summed E-state index contributed by atoms with van der Waals surface area (Å²) in [6, 6.07) is 4.22. The molecule has 1 aromatic heterocycles. The number of hydrogen-bond donors (Lipinski definition) is 2. The lowest BCUT2D eigenvalue weighted by molar-refractivity contribution is 0.204. The molecule has 2 N–H and O–H groups in total. The van der Waals surface area contributed by atoms with E-state index in [1.54, 1.807) is 0 Å². The van der Waals surface area contributed by atoms with Crippen LogP contribution >= 0.6 is 0 Å². The first kappa shape index (κ1) is 15.1. The van der Waals surface area contributed by atoms with Gasteiger partial charge in [-0.15, -0.1) is 0 Å². The maximum atomic E-state index is 9.04. The fourth-order valence-electron chi connectivity index (χ4n) is 2.56. The SMILES string of the molecule is CCCNc1cc(N2CCCN(CCO)CC2)ccn1. The highest BCUT2D eigenvalue weighted by atomic mass is 16.3. The van der Waals surface area contributed by atoms with Crippen LogP contribution in [0.25, 0.3) is 0 Å². The van der Waals surface area contributed by atoms with Gasteiger partial charge in [0.25, 0.3) is 0 Å². The standard InChI is InChI=1S/C15H26N4O/c1-2-5-16-15-13-14(4-6-17-15)19-8-3-7-18(9-10-19)11-12-20/h4,6,13,20H,2-3,5,7-12H2,1H3,(H,16,17). The predicted octanol–water partition coefficient (Wildman–Crippen LogP) is 1.41. The van der Waals surface area contributed by atoms with Crippen molar-refractivity contribution in [3.05, 3.63) is 18.3 Å². The number of anilines is 2. The minimum absolute atomic E-state index is 0.250. The Balaban J connectivity index is 1.96. The lowest BCUT2D eigenvalue weighted by Crippen LogP contribution is -2.32. The molecule has 0 atom stereocenters. The van der Waals surface area contributed by atoms with Gasteiger partial charge in [-0.2, -0.15) is 0 Å². The zero-order valence-corrected chi connectivity index (χ0v) is 12.4. The topological polar surface area (TPSA) is 51.6 Å². The lowest BCUT2D eigenvalue weighted by Gasteiger charge is -2.23. The third kappa shape index (κ3) is 4.35. The molecule has 0 spiro atoms. The molecular weight excluding hydrogens is 252 g/mol. The number of nitrogens with zero attached hydrogens (tertiary/aromatic N) is 3. The molecule has 0 radical (unpaired) electrons. The van der Waals surface area contributed by atoms with Crippen molar-refractivity contribution in [2.75, 3.05) is 56.1 Å². The summed E-state index contributed by atoms with van der Waals surface area (Å²) in [5.41, 5.74) is 1.24. The van der Waals surface area contributed by atoms with Crippen molar-refractivity contribution < 1.29 is 5.11 Å². The summed E-state index contributed by atoms with van der Waals surface area (Å²) in [5.74, 6) is 0.959. The molecule has 0 aromatic carbocycles. The average molecular weight is 278 g/mol. The van der Waals surface area contributed by atoms with Crippen molar-refractivity contribution in [2.24, 2.45) is 0 Å². The molecule has 0 saturated carbocycles. The summed E-state index contributed by atoms with van der Waals surface area (Å²) in [6.45, 7) is 8.32. The first-order valence-electron chi connectivity index (χ1n) is 7.61. The van der Waals surface area contributed by atoms with Gasteiger partial charge < -0.3 is 15.3 Å². The van der Waals surface area contributed by atoms with Gasteiger partial charge in [-0.3, -0.25) is 4.90 Å². The van der Waals surface area contributed by atoms with Crippen LogP contribution in [0, 0.1) is 0 Å². The Hall–Kier alpha value is -1.33. The Labute approximate surface area is 121 Å². The number of β-amino-alcohol motifs (C(OH)–C–C–N with tert-alkyl or cyclic N) is 1. The van der Waals surface area contributed by atoms with Gasteiger partial charge in [0.05, 0.1) is 6.61 Å². The fourth-order valence-corrected chi connectivity index (χ4v) is 2.56. The number of aliphatic hydroxyl groups excluding tert-OH is 1. The van der Waals surface area contributed by atoms with Crippen molar-refractivity contribution in [3.63, 3.8) is 0 Å². The van der Waals surface area contributed by atoms with E-state index >= 15 is 0 Å². The quantitative estimate of drug-likeness (QED) is 0.824. The minimum Gasteiger partial charge on any atom is -0.395 e. The molecule has 5 nitrogen and oxygen atoms in total. The number of nitrogens with one attached hydrogen (secondary N) is 1. The highest BCUT2D eigenvalue weighted by Gasteiger charge is 2.15. The Kier molecular flexibility index (Phi) is 6.08. The maximum Gasteiger partial charge on any atom is 0.127 e. The molecule has 1 fully saturated rings. The van der Waals surface area contributed by atoms with Crippen LogP contribution in [0.3, 0.4) is 0 Å². The van der Waals surface area contributed by atoms with Gasteiger partial charge >= 0.3 is 0 Å². The van der Waals surface area contributed by atoms with Gasteiger partial charge in [0.1, 0.15) is 5.82 Å². The summed E-state index contributed by atoms with van der Waals surface area (Å²) < 4.78 is 0. The van der Waals surface area contributed by atoms with Crippen LogP contribution in [0.5, 0.6) is 0 Å². The van der Waals surface area contributed by atoms with E-state index < -0.39 is 0 Å². The molecule has 1 aromatic rings. The van der Waals surface area contributed by atoms with Crippen LogP contribution in [-0.4, -0.2) is 60.9 Å². The van der Waals surface area contributed by atoms with Crippen LogP contribution < -0.4 is 10.2 Å². The van der Waals surface area contributed by atoms with E-state index in [4.69, 9.17) is 5.11 Å². The summed E-state index contributed by atoms with van der Waals surface area (Å²) in [7, 11) is 0. The highest BCUT2D eigenvalue weighted by molar-refractivity contribution is 5.54. The third-order valence-corrected chi connectivity index (χ3v) is 3.67. The summed E-state index contributed by atoms with van der Waals surface area (Å²) >= 11 is 0. The van der Waals surface area contributed by atoms with E-state index in [0.29, 0.717) is 0 Å². The van der Waals surface area contributed by atoms with Crippen LogP contribution in [0.4, 0.5) is 11.5 Å². The Bertz CT molecular complexity index is 399. The molecule has 20 heavy (non-hydrogen) atoms. The molecular formula is C15H26N4O. The Morgan fingerprint density at radius 1 is 1.30 bits per heavy atom. The molecule has 2 heterocycles. The van der Waals surface area contributed by atoms with E-state index in [1.807, 2.05) is 6.20 Å². The second-order valence-electron chi connectivity index (χ2n) is 5.23. The molecule has 1 aliphatic heterocycles.